The van der Waals surface area contributed by atoms with Crippen LogP contribution in [0.3, 0.4) is 0 Å². The number of nitrogens with one attached hydrogen (secondary N) is 1. The standard InChI is InChI=1S/C18H24N2S/c1-15-9-10-17(21-15)13-19-14-18(20-11-5-6-12-20)16-7-3-2-4-8-16/h2-4,7-10,18-19H,5-6,11-14H2,1H3. The number of nitrogens with zero attached hydrogens (tertiary/aromatic N) is 1. The first-order valence-corrected chi connectivity index (χ1v) is 8.69. The summed E-state index contributed by atoms with van der Waals surface area (Å²) < 4.78 is 0. The van der Waals surface area contributed by atoms with Crippen molar-refractivity contribution in [2.45, 2.75) is 32.4 Å². The Bertz CT molecular complexity index is 543. The van der Waals surface area contributed by atoms with E-state index in [-0.39, 0.29) is 0 Å². The van der Waals surface area contributed by atoms with Crippen LogP contribution in [0, 0.1) is 6.92 Å². The summed E-state index contributed by atoms with van der Waals surface area (Å²) in [7, 11) is 0. The number of rotatable bonds is 6. The molecule has 2 aromatic rings. The molecule has 1 aliphatic heterocycles. The second-order valence-corrected chi connectivity index (χ2v) is 7.19. The molecule has 0 amide bonds. The van der Waals surface area contributed by atoms with E-state index in [1.807, 2.05) is 11.3 Å². The number of thiophene rings is 1. The molecule has 1 saturated heterocycles. The Morgan fingerprint density at radius 3 is 2.52 bits per heavy atom. The normalized spacial score (nSPS) is 17.2. The van der Waals surface area contributed by atoms with E-state index in [1.165, 1.54) is 41.2 Å². The van der Waals surface area contributed by atoms with Crippen molar-refractivity contribution >= 4 is 11.3 Å². The number of hydrogen-bond donors (Lipinski definition) is 1. The molecule has 1 aliphatic rings. The molecule has 0 radical (unpaired) electrons. The molecule has 0 aliphatic carbocycles. The van der Waals surface area contributed by atoms with Crippen LogP contribution in [0.4, 0.5) is 0 Å². The van der Waals surface area contributed by atoms with Crippen molar-refractivity contribution in [2.75, 3.05) is 19.6 Å². The summed E-state index contributed by atoms with van der Waals surface area (Å²) in [5.74, 6) is 0. The van der Waals surface area contributed by atoms with Crippen LogP contribution in [-0.2, 0) is 6.54 Å². The summed E-state index contributed by atoms with van der Waals surface area (Å²) in [6.45, 7) is 6.65. The Kier molecular flexibility index (Phi) is 5.07. The molecule has 0 bridgehead atoms. The number of benzene rings is 1. The highest BCUT2D eigenvalue weighted by Gasteiger charge is 2.22. The average Bonchev–Trinajstić information content (AvgIpc) is 3.16. The lowest BCUT2D eigenvalue weighted by molar-refractivity contribution is 0.238. The number of hydrogen-bond acceptors (Lipinski definition) is 3. The fourth-order valence-corrected chi connectivity index (χ4v) is 3.96. The fraction of sp³-hybridized carbons (Fsp3) is 0.444. The second-order valence-electron chi connectivity index (χ2n) is 5.81. The van der Waals surface area contributed by atoms with Crippen LogP contribution < -0.4 is 5.32 Å². The molecule has 1 fully saturated rings. The SMILES string of the molecule is Cc1ccc(CNCC(c2ccccc2)N2CCCC2)s1. The first kappa shape index (κ1) is 14.8. The molecular weight excluding hydrogens is 276 g/mol. The van der Waals surface area contributed by atoms with Gasteiger partial charge in [-0.15, -0.1) is 11.3 Å². The Morgan fingerprint density at radius 2 is 1.86 bits per heavy atom. The molecule has 112 valence electrons. The maximum atomic E-state index is 3.66. The van der Waals surface area contributed by atoms with Gasteiger partial charge >= 0.3 is 0 Å². The van der Waals surface area contributed by atoms with Crippen LogP contribution in [0.2, 0.25) is 0 Å². The van der Waals surface area contributed by atoms with E-state index in [0.717, 1.165) is 13.1 Å². The molecule has 0 spiro atoms. The lowest BCUT2D eigenvalue weighted by Crippen LogP contribution is -2.33. The third-order valence-electron chi connectivity index (χ3n) is 4.20. The summed E-state index contributed by atoms with van der Waals surface area (Å²) in [5.41, 5.74) is 1.44. The summed E-state index contributed by atoms with van der Waals surface area (Å²) in [6.07, 6.45) is 2.68. The van der Waals surface area contributed by atoms with Crippen LogP contribution in [0.25, 0.3) is 0 Å². The molecule has 2 nitrogen and oxygen atoms in total. The molecule has 3 rings (SSSR count). The highest BCUT2D eigenvalue weighted by atomic mass is 32.1. The third-order valence-corrected chi connectivity index (χ3v) is 5.20. The monoisotopic (exact) mass is 300 g/mol. The van der Waals surface area contributed by atoms with Crippen LogP contribution in [0.15, 0.2) is 42.5 Å². The molecule has 1 N–H and O–H groups in total. The zero-order valence-electron chi connectivity index (χ0n) is 12.7. The third kappa shape index (κ3) is 3.94. The van der Waals surface area contributed by atoms with E-state index in [1.54, 1.807) is 0 Å². The second kappa shape index (κ2) is 7.21. The van der Waals surface area contributed by atoms with Gasteiger partial charge in [0.1, 0.15) is 0 Å². The maximum Gasteiger partial charge on any atom is 0.0472 e. The molecule has 21 heavy (non-hydrogen) atoms. The van der Waals surface area contributed by atoms with Gasteiger partial charge in [-0.2, -0.15) is 0 Å². The van der Waals surface area contributed by atoms with Gasteiger partial charge in [0.2, 0.25) is 0 Å². The van der Waals surface area contributed by atoms with Gasteiger partial charge in [0, 0.05) is 28.9 Å². The van der Waals surface area contributed by atoms with Gasteiger partial charge in [-0.25, -0.2) is 0 Å². The minimum Gasteiger partial charge on any atom is -0.310 e. The molecule has 1 atom stereocenters. The summed E-state index contributed by atoms with van der Waals surface area (Å²) in [6, 6.07) is 15.9. The molecular formula is C18H24N2S. The average molecular weight is 300 g/mol. The summed E-state index contributed by atoms with van der Waals surface area (Å²) in [5, 5.41) is 3.66. The van der Waals surface area contributed by atoms with Crippen LogP contribution in [0.1, 0.15) is 34.2 Å². The van der Waals surface area contributed by atoms with Gasteiger partial charge in [-0.3, -0.25) is 4.90 Å². The first-order valence-electron chi connectivity index (χ1n) is 7.88. The quantitative estimate of drug-likeness (QED) is 0.868. The smallest absolute Gasteiger partial charge is 0.0472 e. The predicted octanol–water partition coefficient (Wildman–Crippen LogP) is 3.98. The Hall–Kier alpha value is -1.16. The van der Waals surface area contributed by atoms with Crippen LogP contribution in [0.5, 0.6) is 0 Å². The zero-order valence-corrected chi connectivity index (χ0v) is 13.5. The van der Waals surface area contributed by atoms with Gasteiger partial charge in [-0.1, -0.05) is 30.3 Å². The van der Waals surface area contributed by atoms with Crippen LogP contribution >= 0.6 is 11.3 Å². The Labute approximate surface area is 131 Å². The van der Waals surface area contributed by atoms with Gasteiger partial charge in [0.05, 0.1) is 0 Å². The van der Waals surface area contributed by atoms with Crippen molar-refractivity contribution in [3.8, 4) is 0 Å². The molecule has 1 aromatic heterocycles. The van der Waals surface area contributed by atoms with E-state index in [2.05, 4.69) is 59.6 Å². The molecule has 3 heteroatoms. The van der Waals surface area contributed by atoms with Crippen molar-refractivity contribution in [2.24, 2.45) is 0 Å². The lowest BCUT2D eigenvalue weighted by Gasteiger charge is -2.28. The van der Waals surface area contributed by atoms with Crippen molar-refractivity contribution in [3.63, 3.8) is 0 Å². The van der Waals surface area contributed by atoms with Gasteiger partial charge < -0.3 is 5.32 Å². The molecule has 1 aromatic carbocycles. The van der Waals surface area contributed by atoms with Crippen molar-refractivity contribution in [1.82, 2.24) is 10.2 Å². The Morgan fingerprint density at radius 1 is 1.10 bits per heavy atom. The maximum absolute atomic E-state index is 3.66. The lowest BCUT2D eigenvalue weighted by atomic mass is 10.1. The largest absolute Gasteiger partial charge is 0.310 e. The zero-order chi connectivity index (χ0) is 14.5. The van der Waals surface area contributed by atoms with E-state index < -0.39 is 0 Å². The van der Waals surface area contributed by atoms with Gasteiger partial charge in [-0.05, 0) is 50.6 Å². The first-order chi connectivity index (χ1) is 10.3. The highest BCUT2D eigenvalue weighted by molar-refractivity contribution is 7.11. The topological polar surface area (TPSA) is 15.3 Å². The van der Waals surface area contributed by atoms with Crippen molar-refractivity contribution in [1.29, 1.82) is 0 Å². The highest BCUT2D eigenvalue weighted by Crippen LogP contribution is 2.24. The van der Waals surface area contributed by atoms with E-state index in [0.29, 0.717) is 6.04 Å². The number of likely N-dealkylation sites (tertiary alicyclic amines) is 1. The van der Waals surface area contributed by atoms with E-state index in [4.69, 9.17) is 0 Å². The predicted molar refractivity (Wildman–Crippen MR) is 90.8 cm³/mol. The van der Waals surface area contributed by atoms with E-state index >= 15 is 0 Å². The van der Waals surface area contributed by atoms with Gasteiger partial charge in [0.25, 0.3) is 0 Å². The molecule has 1 unspecified atom stereocenters. The van der Waals surface area contributed by atoms with Crippen molar-refractivity contribution in [3.05, 3.63) is 57.8 Å². The molecule has 2 heterocycles. The summed E-state index contributed by atoms with van der Waals surface area (Å²) >= 11 is 1.89. The van der Waals surface area contributed by atoms with E-state index in [9.17, 15) is 0 Å². The fourth-order valence-electron chi connectivity index (χ4n) is 3.10. The Balaban J connectivity index is 1.62. The minimum atomic E-state index is 0.509. The van der Waals surface area contributed by atoms with Gasteiger partial charge in [0.15, 0.2) is 0 Å². The molecule has 0 saturated carbocycles. The van der Waals surface area contributed by atoms with Crippen molar-refractivity contribution < 1.29 is 0 Å². The van der Waals surface area contributed by atoms with Crippen LogP contribution in [-0.4, -0.2) is 24.5 Å². The number of aryl methyl sites for hydroxylation is 1. The summed E-state index contributed by atoms with van der Waals surface area (Å²) in [4.78, 5) is 5.45. The minimum absolute atomic E-state index is 0.509.